The van der Waals surface area contributed by atoms with E-state index >= 15 is 0 Å². The fourth-order valence-corrected chi connectivity index (χ4v) is 3.13. The van der Waals surface area contributed by atoms with Crippen molar-refractivity contribution in [1.82, 2.24) is 4.90 Å². The maximum atomic E-state index is 12.1. The molecule has 1 saturated heterocycles. The number of carboxylic acids is 1. The highest BCUT2D eigenvalue weighted by Gasteiger charge is 2.26. The standard InChI is InChI=1S/C18H26N2O4S/c1-12-13(11-25)9-14(10-15(12)16(21)22)19-5-7-20(8-6-19)17(23)24-18(2,3)4/h9-10,25H,5-8,11H2,1-4H3,(H,21,22). The molecule has 0 bridgehead atoms. The zero-order valence-electron chi connectivity index (χ0n) is 15.2. The van der Waals surface area contributed by atoms with E-state index < -0.39 is 11.6 Å². The quantitative estimate of drug-likeness (QED) is 0.804. The second kappa shape index (κ2) is 7.56. The maximum Gasteiger partial charge on any atom is 0.410 e. The summed E-state index contributed by atoms with van der Waals surface area (Å²) in [6, 6.07) is 3.69. The van der Waals surface area contributed by atoms with E-state index in [0.717, 1.165) is 16.8 Å². The summed E-state index contributed by atoms with van der Waals surface area (Å²) in [7, 11) is 0. The van der Waals surface area contributed by atoms with Crippen LogP contribution in [0.5, 0.6) is 0 Å². The number of nitrogens with zero attached hydrogens (tertiary/aromatic N) is 2. The van der Waals surface area contributed by atoms with Crippen molar-refractivity contribution in [1.29, 1.82) is 0 Å². The monoisotopic (exact) mass is 366 g/mol. The smallest absolute Gasteiger partial charge is 0.410 e. The number of piperazine rings is 1. The van der Waals surface area contributed by atoms with E-state index in [1.54, 1.807) is 17.9 Å². The van der Waals surface area contributed by atoms with Gasteiger partial charge in [0.05, 0.1) is 5.56 Å². The summed E-state index contributed by atoms with van der Waals surface area (Å²) < 4.78 is 5.40. The summed E-state index contributed by atoms with van der Waals surface area (Å²) in [4.78, 5) is 27.4. The minimum Gasteiger partial charge on any atom is -0.478 e. The van der Waals surface area contributed by atoms with Gasteiger partial charge in [-0.1, -0.05) is 0 Å². The van der Waals surface area contributed by atoms with Crippen LogP contribution in [-0.4, -0.2) is 53.8 Å². The van der Waals surface area contributed by atoms with Crippen molar-refractivity contribution in [3.8, 4) is 0 Å². The van der Waals surface area contributed by atoms with Crippen LogP contribution in [0.4, 0.5) is 10.5 Å². The number of benzene rings is 1. The fourth-order valence-electron chi connectivity index (χ4n) is 2.80. The van der Waals surface area contributed by atoms with Gasteiger partial charge in [-0.3, -0.25) is 0 Å². The minimum absolute atomic E-state index is 0.302. The van der Waals surface area contributed by atoms with Crippen LogP contribution < -0.4 is 4.90 Å². The van der Waals surface area contributed by atoms with Crippen LogP contribution in [-0.2, 0) is 10.5 Å². The molecule has 1 aromatic carbocycles. The Morgan fingerprint density at radius 1 is 1.20 bits per heavy atom. The molecule has 6 nitrogen and oxygen atoms in total. The number of anilines is 1. The molecule has 0 radical (unpaired) electrons. The Hall–Kier alpha value is -1.89. The number of carbonyl (C=O) groups excluding carboxylic acids is 1. The number of rotatable bonds is 3. The first-order valence-corrected chi connectivity index (χ1v) is 8.96. The molecule has 138 valence electrons. The summed E-state index contributed by atoms with van der Waals surface area (Å²) in [5, 5.41) is 9.42. The van der Waals surface area contributed by atoms with Gasteiger partial charge in [0, 0.05) is 37.6 Å². The van der Waals surface area contributed by atoms with Crippen LogP contribution in [0.1, 0.15) is 42.3 Å². The van der Waals surface area contributed by atoms with Crippen molar-refractivity contribution < 1.29 is 19.4 Å². The van der Waals surface area contributed by atoms with Crippen LogP contribution in [0, 0.1) is 6.92 Å². The van der Waals surface area contributed by atoms with Crippen molar-refractivity contribution in [2.24, 2.45) is 0 Å². The predicted octanol–water partition coefficient (Wildman–Crippen LogP) is 3.18. The molecule has 1 fully saturated rings. The molecule has 1 heterocycles. The number of hydrogen-bond donors (Lipinski definition) is 2. The number of hydrogen-bond acceptors (Lipinski definition) is 5. The van der Waals surface area contributed by atoms with E-state index in [-0.39, 0.29) is 6.09 Å². The van der Waals surface area contributed by atoms with E-state index in [1.807, 2.05) is 26.8 Å². The number of ether oxygens (including phenoxy) is 1. The van der Waals surface area contributed by atoms with E-state index in [0.29, 0.717) is 37.5 Å². The van der Waals surface area contributed by atoms with Crippen molar-refractivity contribution in [2.45, 2.75) is 39.0 Å². The van der Waals surface area contributed by atoms with E-state index in [1.165, 1.54) is 0 Å². The minimum atomic E-state index is -0.935. The number of thiol groups is 1. The largest absolute Gasteiger partial charge is 0.478 e. The summed E-state index contributed by atoms with van der Waals surface area (Å²) in [5.74, 6) is -0.451. The topological polar surface area (TPSA) is 70.1 Å². The molecule has 0 aliphatic carbocycles. The van der Waals surface area contributed by atoms with Crippen LogP contribution >= 0.6 is 12.6 Å². The Morgan fingerprint density at radius 3 is 2.28 bits per heavy atom. The third kappa shape index (κ3) is 4.81. The van der Waals surface area contributed by atoms with Gasteiger partial charge >= 0.3 is 12.1 Å². The van der Waals surface area contributed by atoms with E-state index in [9.17, 15) is 14.7 Å². The lowest BCUT2D eigenvalue weighted by Gasteiger charge is -2.37. The summed E-state index contributed by atoms with van der Waals surface area (Å²) >= 11 is 4.31. The Labute approximate surface area is 154 Å². The molecule has 25 heavy (non-hydrogen) atoms. The van der Waals surface area contributed by atoms with Crippen molar-refractivity contribution in [3.05, 3.63) is 28.8 Å². The summed E-state index contributed by atoms with van der Waals surface area (Å²) in [6.45, 7) is 9.70. The lowest BCUT2D eigenvalue weighted by Crippen LogP contribution is -2.50. The number of carboxylic acid groups (broad SMARTS) is 1. The molecule has 2 rings (SSSR count). The first-order valence-electron chi connectivity index (χ1n) is 8.33. The zero-order valence-corrected chi connectivity index (χ0v) is 16.1. The molecular weight excluding hydrogens is 340 g/mol. The summed E-state index contributed by atoms with van der Waals surface area (Å²) in [5.41, 5.74) is 2.31. The maximum absolute atomic E-state index is 12.1. The first kappa shape index (κ1) is 19.4. The fraction of sp³-hybridized carbons (Fsp3) is 0.556. The van der Waals surface area contributed by atoms with Gasteiger partial charge in [0.1, 0.15) is 5.60 Å². The molecule has 1 aromatic rings. The summed E-state index contributed by atoms with van der Waals surface area (Å²) in [6.07, 6.45) is -0.307. The molecule has 1 N–H and O–H groups in total. The Morgan fingerprint density at radius 2 is 1.80 bits per heavy atom. The van der Waals surface area contributed by atoms with Gasteiger partial charge in [-0.05, 0) is 51.0 Å². The molecule has 0 aromatic heterocycles. The van der Waals surface area contributed by atoms with Crippen LogP contribution in [0.3, 0.4) is 0 Å². The highest BCUT2D eigenvalue weighted by atomic mass is 32.1. The highest BCUT2D eigenvalue weighted by molar-refractivity contribution is 7.79. The first-order chi connectivity index (χ1) is 11.6. The van der Waals surface area contributed by atoms with Gasteiger partial charge in [-0.25, -0.2) is 9.59 Å². The van der Waals surface area contributed by atoms with Crippen molar-refractivity contribution in [3.63, 3.8) is 0 Å². The zero-order chi connectivity index (χ0) is 18.8. The number of amides is 1. The molecule has 0 atom stereocenters. The van der Waals surface area contributed by atoms with Gasteiger partial charge in [0.15, 0.2) is 0 Å². The second-order valence-corrected chi connectivity index (χ2v) is 7.51. The van der Waals surface area contributed by atoms with E-state index in [4.69, 9.17) is 4.74 Å². The molecule has 0 unspecified atom stereocenters. The van der Waals surface area contributed by atoms with Gasteiger partial charge < -0.3 is 19.6 Å². The van der Waals surface area contributed by atoms with Gasteiger partial charge in [-0.2, -0.15) is 12.6 Å². The van der Waals surface area contributed by atoms with Gasteiger partial charge in [-0.15, -0.1) is 0 Å². The Bertz CT molecular complexity index is 662. The van der Waals surface area contributed by atoms with Gasteiger partial charge in [0.2, 0.25) is 0 Å². The van der Waals surface area contributed by atoms with Crippen molar-refractivity contribution in [2.75, 3.05) is 31.1 Å². The molecule has 1 amide bonds. The van der Waals surface area contributed by atoms with Crippen molar-refractivity contribution >= 4 is 30.4 Å². The predicted molar refractivity (Wildman–Crippen MR) is 101 cm³/mol. The molecule has 7 heteroatoms. The van der Waals surface area contributed by atoms with Crippen LogP contribution in [0.15, 0.2) is 12.1 Å². The van der Waals surface area contributed by atoms with Crippen LogP contribution in [0.25, 0.3) is 0 Å². The lowest BCUT2D eigenvalue weighted by molar-refractivity contribution is 0.0240. The number of aromatic carboxylic acids is 1. The Balaban J connectivity index is 2.11. The second-order valence-electron chi connectivity index (χ2n) is 7.20. The molecule has 1 aliphatic heterocycles. The number of carbonyl (C=O) groups is 2. The Kier molecular flexibility index (Phi) is 5.87. The highest BCUT2D eigenvalue weighted by Crippen LogP contribution is 2.26. The molecular formula is C18H26N2O4S. The third-order valence-electron chi connectivity index (χ3n) is 4.20. The normalized spacial score (nSPS) is 15.2. The average Bonchev–Trinajstić information content (AvgIpc) is 2.53. The third-order valence-corrected chi connectivity index (χ3v) is 4.54. The molecule has 0 saturated carbocycles. The molecule has 0 spiro atoms. The van der Waals surface area contributed by atoms with E-state index in [2.05, 4.69) is 17.5 Å². The lowest BCUT2D eigenvalue weighted by atomic mass is 10.0. The SMILES string of the molecule is Cc1c(CS)cc(N2CCN(C(=O)OC(C)(C)C)CC2)cc1C(=O)O. The average molecular weight is 366 g/mol. The molecule has 1 aliphatic rings. The van der Waals surface area contributed by atoms with Gasteiger partial charge in [0.25, 0.3) is 0 Å². The van der Waals surface area contributed by atoms with Crippen LogP contribution in [0.2, 0.25) is 0 Å².